The summed E-state index contributed by atoms with van der Waals surface area (Å²) < 4.78 is 10.6. The third-order valence-corrected chi connectivity index (χ3v) is 4.11. The highest BCUT2D eigenvalue weighted by molar-refractivity contribution is 5.65. The van der Waals surface area contributed by atoms with Crippen molar-refractivity contribution < 1.29 is 24.8 Å². The van der Waals surface area contributed by atoms with E-state index in [0.717, 1.165) is 11.3 Å². The number of phenolic OH excluding ortho intramolecular Hbond substituents is 2. The first-order valence-electron chi connectivity index (χ1n) is 7.25. The zero-order valence-corrected chi connectivity index (χ0v) is 12.9. The molecule has 0 saturated heterocycles. The topological polar surface area (TPSA) is 91.2 Å². The van der Waals surface area contributed by atoms with E-state index in [1.165, 1.54) is 12.1 Å². The van der Waals surface area contributed by atoms with Gasteiger partial charge in [0.2, 0.25) is 0 Å². The lowest BCUT2D eigenvalue weighted by atomic mass is 9.90. The number of aromatic hydroxyl groups is 2. The fourth-order valence-electron chi connectivity index (χ4n) is 2.89. The van der Waals surface area contributed by atoms with Crippen LogP contribution in [0.3, 0.4) is 0 Å². The maximum absolute atomic E-state index is 10.5. The number of aliphatic hydroxyl groups is 1. The normalized spacial score (nSPS) is 19.6. The molecule has 0 aliphatic carbocycles. The first-order valence-corrected chi connectivity index (χ1v) is 7.25. The average molecular weight is 317 g/mol. The van der Waals surface area contributed by atoms with Gasteiger partial charge >= 0.3 is 0 Å². The molecule has 2 aromatic rings. The fraction of sp³-hybridized carbons (Fsp3) is 0.294. The van der Waals surface area contributed by atoms with Gasteiger partial charge in [-0.05, 0) is 17.7 Å². The zero-order chi connectivity index (χ0) is 16.6. The third-order valence-electron chi connectivity index (χ3n) is 4.11. The van der Waals surface area contributed by atoms with E-state index in [4.69, 9.17) is 9.47 Å². The number of hydrogen-bond donors (Lipinski definition) is 4. The van der Waals surface area contributed by atoms with Crippen molar-refractivity contribution in [1.29, 1.82) is 0 Å². The molecule has 0 fully saturated rings. The van der Waals surface area contributed by atoms with Gasteiger partial charge in [0.1, 0.15) is 11.5 Å². The van der Waals surface area contributed by atoms with Crippen LogP contribution in [0.2, 0.25) is 0 Å². The van der Waals surface area contributed by atoms with E-state index in [9.17, 15) is 15.3 Å². The number of anilines is 1. The molecule has 1 heterocycles. The van der Waals surface area contributed by atoms with Crippen LogP contribution < -0.4 is 14.8 Å². The van der Waals surface area contributed by atoms with Gasteiger partial charge in [0.25, 0.3) is 0 Å². The van der Waals surface area contributed by atoms with E-state index in [0.29, 0.717) is 23.5 Å². The van der Waals surface area contributed by atoms with E-state index < -0.39 is 12.1 Å². The Morgan fingerprint density at radius 2 is 1.83 bits per heavy atom. The van der Waals surface area contributed by atoms with E-state index in [-0.39, 0.29) is 11.5 Å². The van der Waals surface area contributed by atoms with Crippen molar-refractivity contribution in [2.45, 2.75) is 18.6 Å². The minimum atomic E-state index is -0.700. The number of nitrogens with one attached hydrogen (secondary N) is 1. The van der Waals surface area contributed by atoms with Gasteiger partial charge in [-0.2, -0.15) is 0 Å². The first-order chi connectivity index (χ1) is 11.0. The van der Waals surface area contributed by atoms with Gasteiger partial charge in [0.05, 0.1) is 26.4 Å². The molecule has 0 aromatic heterocycles. The smallest absolute Gasteiger partial charge is 0.157 e. The van der Waals surface area contributed by atoms with E-state index >= 15 is 0 Å². The molecule has 0 spiro atoms. The summed E-state index contributed by atoms with van der Waals surface area (Å²) in [5.41, 5.74) is 2.37. The highest BCUT2D eigenvalue weighted by Gasteiger charge is 2.30. The summed E-state index contributed by atoms with van der Waals surface area (Å²) in [6.07, 6.45) is -0.296. The molecule has 6 nitrogen and oxygen atoms in total. The van der Waals surface area contributed by atoms with Crippen LogP contribution in [0.15, 0.2) is 30.3 Å². The molecule has 2 aromatic carbocycles. The minimum Gasteiger partial charge on any atom is -0.504 e. The molecular weight excluding hydrogens is 298 g/mol. The van der Waals surface area contributed by atoms with Gasteiger partial charge in [-0.25, -0.2) is 0 Å². The number of methoxy groups -OCH3 is 2. The summed E-state index contributed by atoms with van der Waals surface area (Å²) >= 11 is 0. The van der Waals surface area contributed by atoms with Crippen molar-refractivity contribution in [3.63, 3.8) is 0 Å². The third kappa shape index (κ3) is 2.73. The minimum absolute atomic E-state index is 0.192. The largest absolute Gasteiger partial charge is 0.504 e. The highest BCUT2D eigenvalue weighted by Crippen LogP contribution is 2.41. The molecule has 0 bridgehead atoms. The van der Waals surface area contributed by atoms with Crippen molar-refractivity contribution >= 4 is 5.69 Å². The quantitative estimate of drug-likeness (QED) is 0.649. The van der Waals surface area contributed by atoms with E-state index in [1.54, 1.807) is 26.4 Å². The maximum atomic E-state index is 10.5. The Bertz CT molecular complexity index is 731. The van der Waals surface area contributed by atoms with Crippen molar-refractivity contribution in [2.24, 2.45) is 0 Å². The van der Waals surface area contributed by atoms with Crippen molar-refractivity contribution in [3.05, 3.63) is 41.5 Å². The Morgan fingerprint density at radius 1 is 1.04 bits per heavy atom. The average Bonchev–Trinajstić information content (AvgIpc) is 2.56. The number of ether oxygens (including phenoxy) is 2. The number of benzene rings is 2. The van der Waals surface area contributed by atoms with Crippen LogP contribution >= 0.6 is 0 Å². The Kier molecular flexibility index (Phi) is 3.92. The van der Waals surface area contributed by atoms with Crippen LogP contribution in [-0.4, -0.2) is 35.6 Å². The van der Waals surface area contributed by atoms with Crippen LogP contribution in [0.5, 0.6) is 23.0 Å². The number of rotatable bonds is 3. The van der Waals surface area contributed by atoms with Gasteiger partial charge in [-0.1, -0.05) is 6.07 Å². The molecule has 2 unspecified atom stereocenters. The van der Waals surface area contributed by atoms with Crippen molar-refractivity contribution in [1.82, 2.24) is 0 Å². The van der Waals surface area contributed by atoms with Crippen LogP contribution in [0, 0.1) is 0 Å². The summed E-state index contributed by atoms with van der Waals surface area (Å²) in [7, 11) is 3.15. The number of aliphatic hydroxyl groups excluding tert-OH is 1. The SMILES string of the molecule is COc1cc2c(c(OC)c1)CC(O)C(c1ccc(O)c(O)c1)N2. The molecule has 2 atom stereocenters. The predicted octanol–water partition coefficient (Wildman–Crippen LogP) is 2.19. The first kappa shape index (κ1) is 15.3. The molecule has 4 N–H and O–H groups in total. The monoisotopic (exact) mass is 317 g/mol. The molecular formula is C17H19NO5. The summed E-state index contributed by atoms with van der Waals surface area (Å²) in [5.74, 6) is 0.892. The maximum Gasteiger partial charge on any atom is 0.157 e. The summed E-state index contributed by atoms with van der Waals surface area (Å²) in [6.45, 7) is 0. The molecule has 122 valence electrons. The predicted molar refractivity (Wildman–Crippen MR) is 85.4 cm³/mol. The molecule has 0 radical (unpaired) electrons. The lowest BCUT2D eigenvalue weighted by Crippen LogP contribution is -2.32. The van der Waals surface area contributed by atoms with Gasteiger partial charge in [0.15, 0.2) is 11.5 Å². The van der Waals surface area contributed by atoms with Crippen LogP contribution in [0.4, 0.5) is 5.69 Å². The molecule has 0 amide bonds. The summed E-state index contributed by atoms with van der Waals surface area (Å²) in [4.78, 5) is 0. The molecule has 3 rings (SSSR count). The van der Waals surface area contributed by atoms with Gasteiger partial charge < -0.3 is 30.1 Å². The number of hydrogen-bond acceptors (Lipinski definition) is 6. The molecule has 6 heteroatoms. The summed E-state index contributed by atoms with van der Waals surface area (Å²) in [6, 6.07) is 7.72. The lowest BCUT2D eigenvalue weighted by molar-refractivity contribution is 0.147. The van der Waals surface area contributed by atoms with E-state index in [1.807, 2.05) is 6.07 Å². The van der Waals surface area contributed by atoms with Gasteiger partial charge in [0, 0.05) is 29.8 Å². The molecule has 1 aliphatic heterocycles. The zero-order valence-electron chi connectivity index (χ0n) is 12.9. The van der Waals surface area contributed by atoms with Crippen molar-refractivity contribution in [3.8, 4) is 23.0 Å². The molecule has 23 heavy (non-hydrogen) atoms. The molecule has 0 saturated carbocycles. The fourth-order valence-corrected chi connectivity index (χ4v) is 2.89. The Hall–Kier alpha value is -2.60. The van der Waals surface area contributed by atoms with Crippen molar-refractivity contribution in [2.75, 3.05) is 19.5 Å². The van der Waals surface area contributed by atoms with Crippen LogP contribution in [-0.2, 0) is 6.42 Å². The van der Waals surface area contributed by atoms with E-state index in [2.05, 4.69) is 5.32 Å². The number of fused-ring (bicyclic) bond motifs is 1. The van der Waals surface area contributed by atoms with Crippen LogP contribution in [0.1, 0.15) is 17.2 Å². The Morgan fingerprint density at radius 3 is 2.48 bits per heavy atom. The van der Waals surface area contributed by atoms with Gasteiger partial charge in [-0.15, -0.1) is 0 Å². The second-order valence-corrected chi connectivity index (χ2v) is 5.50. The highest BCUT2D eigenvalue weighted by atomic mass is 16.5. The van der Waals surface area contributed by atoms with Gasteiger partial charge in [-0.3, -0.25) is 0 Å². The molecule has 1 aliphatic rings. The summed E-state index contributed by atoms with van der Waals surface area (Å²) in [5, 5.41) is 32.9. The second kappa shape index (κ2) is 5.89. The lowest BCUT2D eigenvalue weighted by Gasteiger charge is -2.33. The number of phenols is 2. The Balaban J connectivity index is 2.00. The Labute approximate surface area is 133 Å². The standard InChI is InChI=1S/C17H19NO5/c1-22-10-6-12-11(16(7-10)23-2)8-15(21)17(18-12)9-3-4-13(19)14(20)5-9/h3-7,15,17-21H,8H2,1-2H3. The second-order valence-electron chi connectivity index (χ2n) is 5.50. The van der Waals surface area contributed by atoms with Crippen LogP contribution in [0.25, 0.3) is 0 Å².